The van der Waals surface area contributed by atoms with Crippen LogP contribution in [0.25, 0.3) is 33.4 Å². The first-order chi connectivity index (χ1) is 37.5. The number of unbranched alkanes of at least 4 members (excludes halogenated alkanes) is 3. The van der Waals surface area contributed by atoms with E-state index in [1.54, 1.807) is 24.3 Å². The van der Waals surface area contributed by atoms with Crippen LogP contribution in [0.1, 0.15) is 31.2 Å². The first-order valence-electron chi connectivity index (χ1n) is 25.3. The van der Waals surface area contributed by atoms with E-state index in [0.29, 0.717) is 61.4 Å². The van der Waals surface area contributed by atoms with Gasteiger partial charge in [0.2, 0.25) is 11.3 Å². The lowest BCUT2D eigenvalue weighted by atomic mass is 9.93. The van der Waals surface area contributed by atoms with E-state index in [1.165, 1.54) is 12.1 Å². The third-order valence-electron chi connectivity index (χ3n) is 11.6. The van der Waals surface area contributed by atoms with E-state index in [9.17, 15) is 44.4 Å². The minimum Gasteiger partial charge on any atom is -0.488 e. The molecule has 1 amide bonds. The maximum absolute atomic E-state index is 12.4. The number of aliphatic carboxylic acids is 4. The van der Waals surface area contributed by atoms with E-state index in [0.717, 1.165) is 63.0 Å². The summed E-state index contributed by atoms with van der Waals surface area (Å²) in [5, 5.41) is 43.4. The highest BCUT2D eigenvalue weighted by Gasteiger charge is 2.24. The number of halogens is 1. The normalized spacial score (nSPS) is 10.9. The number of carboxylic acid groups (broad SMARTS) is 4. The van der Waals surface area contributed by atoms with Crippen LogP contribution < -0.4 is 39.4 Å². The number of hydrogen-bond donors (Lipinski definition) is 5. The number of nitrogens with zero attached hydrogens (tertiary/aromatic N) is 4. The van der Waals surface area contributed by atoms with Crippen LogP contribution in [0.2, 0.25) is 0 Å². The summed E-state index contributed by atoms with van der Waals surface area (Å²) in [6, 6.07) is 21.2. The number of ether oxygens (including phenoxy) is 6. The summed E-state index contributed by atoms with van der Waals surface area (Å²) in [5.41, 5.74) is 4.31. The molecule has 5 rings (SSSR count). The van der Waals surface area contributed by atoms with Crippen molar-refractivity contribution in [2.75, 3.05) is 148 Å². The van der Waals surface area contributed by atoms with Crippen molar-refractivity contribution in [2.45, 2.75) is 25.7 Å². The molecule has 1 heterocycles. The molecule has 2 aliphatic rings. The van der Waals surface area contributed by atoms with Crippen molar-refractivity contribution in [3.05, 3.63) is 83.7 Å². The molecule has 1 aliphatic heterocycles. The molecule has 0 spiro atoms. The van der Waals surface area contributed by atoms with Crippen molar-refractivity contribution in [2.24, 2.45) is 0 Å². The molecule has 78 heavy (non-hydrogen) atoms. The number of fused-ring (bicyclic) bond motifs is 2. The first-order valence-corrected chi connectivity index (χ1v) is 25.8. The van der Waals surface area contributed by atoms with Crippen molar-refractivity contribution in [1.29, 1.82) is 0 Å². The molecule has 0 saturated heterocycles. The van der Waals surface area contributed by atoms with Gasteiger partial charge in [0.25, 0.3) is 0 Å². The molecule has 1 aliphatic carbocycles. The molecule has 0 fully saturated rings. The third kappa shape index (κ3) is 20.1. The van der Waals surface area contributed by atoms with Crippen molar-refractivity contribution in [3.63, 3.8) is 0 Å². The first kappa shape index (κ1) is 61.2. The lowest BCUT2D eigenvalue weighted by molar-refractivity contribution is -0.138. The highest BCUT2D eigenvalue weighted by atomic mass is 35.5. The molecule has 5 N–H and O–H groups in total. The smallest absolute Gasteiger partial charge is 0.323 e. The van der Waals surface area contributed by atoms with Crippen LogP contribution in [0, 0.1) is 11.8 Å². The highest BCUT2D eigenvalue weighted by molar-refractivity contribution is 6.17. The lowest BCUT2D eigenvalue weighted by Gasteiger charge is -2.25. The second-order valence-corrected chi connectivity index (χ2v) is 18.4. The van der Waals surface area contributed by atoms with Crippen LogP contribution in [-0.2, 0) is 42.9 Å². The van der Waals surface area contributed by atoms with Crippen molar-refractivity contribution >= 4 is 69.4 Å². The number of alkyl halides is 1. The zero-order valence-electron chi connectivity index (χ0n) is 44.4. The Morgan fingerprint density at radius 1 is 0.628 bits per heavy atom. The van der Waals surface area contributed by atoms with Gasteiger partial charge in [-0.1, -0.05) is 30.7 Å². The van der Waals surface area contributed by atoms with Gasteiger partial charge in [0.15, 0.2) is 0 Å². The highest BCUT2D eigenvalue weighted by Crippen LogP contribution is 2.43. The van der Waals surface area contributed by atoms with E-state index in [4.69, 9.17) is 44.4 Å². The molecular weight excluding hydrogens is 1030 g/mol. The maximum Gasteiger partial charge on any atom is 0.323 e. The number of carbonyl (C=O) groups excluding carboxylic acids is 1. The standard InChI is InChI=1S/C56H68ClN5O16/c1-59(2)41-13-15-43-47(32-41)78-48-33-42(60(3)4)14-16-44(48)56(43)40-12-18-46(62(36-54(68)69)37-55(70)71)50(31-40)77-29-28-76-49-30-39(11-17-45(49)61(34-52(64)65)35-53(66)67)10-9-20-58-51(63)38-75-27-26-74-25-24-73-23-22-72-21-8-6-5-7-19-57/h11-18,30-33H,5-8,19-29,34-38H2,1-4H3,(H4-,58,63,64,65,66,67,68,69,70,71)/p+1. The molecule has 0 atom stereocenters. The number of carbonyl (C=O) groups is 5. The van der Waals surface area contributed by atoms with Crippen LogP contribution in [0.4, 0.5) is 17.1 Å². The topological polar surface area (TPSA) is 260 Å². The van der Waals surface area contributed by atoms with Gasteiger partial charge < -0.3 is 73.3 Å². The number of rotatable bonds is 35. The van der Waals surface area contributed by atoms with Crippen LogP contribution in [0.5, 0.6) is 11.5 Å². The second kappa shape index (κ2) is 32.2. The Labute approximate surface area is 457 Å². The number of carboxylic acids is 4. The Kier molecular flexibility index (Phi) is 25.3. The van der Waals surface area contributed by atoms with Gasteiger partial charge in [-0.3, -0.25) is 24.0 Å². The van der Waals surface area contributed by atoms with Gasteiger partial charge in [0.1, 0.15) is 82.9 Å². The number of anilines is 3. The summed E-state index contributed by atoms with van der Waals surface area (Å²) < 4.78 is 42.9. The third-order valence-corrected chi connectivity index (χ3v) is 11.9. The summed E-state index contributed by atoms with van der Waals surface area (Å²) in [6.07, 6.45) is 4.22. The van der Waals surface area contributed by atoms with Crippen LogP contribution in [-0.4, -0.2) is 183 Å². The monoisotopic (exact) mass is 1100 g/mol. The van der Waals surface area contributed by atoms with Gasteiger partial charge in [-0.2, -0.15) is 0 Å². The SMILES string of the molecule is CN(C)c1ccc2c(-c3ccc(N(CC(=O)O)CC(=O)O)c(OCCOc4cc(C#CCNC(=O)COCCOCCOCCOCCCCCCCl)ccc4N(CC(=O)O)CC(=O)O)c3)c3ccc(=[N+](C)C)cc-3oc2c1. The van der Waals surface area contributed by atoms with Crippen LogP contribution in [0.3, 0.4) is 0 Å². The fraction of sp³-hybridized carbons (Fsp3) is 0.429. The minimum absolute atomic E-state index is 0.0521. The Bertz CT molecular complexity index is 2880. The number of benzene rings is 4. The maximum atomic E-state index is 12.4. The fourth-order valence-corrected chi connectivity index (χ4v) is 8.16. The molecule has 0 unspecified atom stereocenters. The van der Waals surface area contributed by atoms with Crippen molar-refractivity contribution in [3.8, 4) is 45.8 Å². The minimum atomic E-state index is -1.30. The number of nitrogens with one attached hydrogen (secondary N) is 1. The van der Waals surface area contributed by atoms with Gasteiger partial charge in [0.05, 0.1) is 63.6 Å². The molecular formula is C56H69ClN5O16+. The van der Waals surface area contributed by atoms with E-state index >= 15 is 0 Å². The zero-order valence-corrected chi connectivity index (χ0v) is 45.2. The Hall–Kier alpha value is -7.61. The van der Waals surface area contributed by atoms with Gasteiger partial charge in [-0.25, -0.2) is 4.58 Å². The quantitative estimate of drug-likeness (QED) is 0.0117. The summed E-state index contributed by atoms with van der Waals surface area (Å²) in [5.74, 6) is 1.64. The molecule has 0 aromatic heterocycles. The predicted molar refractivity (Wildman–Crippen MR) is 294 cm³/mol. The van der Waals surface area contributed by atoms with Gasteiger partial charge >= 0.3 is 23.9 Å². The number of hydrogen-bond acceptors (Lipinski definition) is 15. The molecule has 0 saturated carbocycles. The van der Waals surface area contributed by atoms with E-state index in [-0.39, 0.29) is 62.5 Å². The lowest BCUT2D eigenvalue weighted by Crippen LogP contribution is -2.35. The number of amides is 1. The van der Waals surface area contributed by atoms with E-state index in [2.05, 4.69) is 17.2 Å². The summed E-state index contributed by atoms with van der Waals surface area (Å²) >= 11 is 5.69. The molecule has 0 bridgehead atoms. The van der Waals surface area contributed by atoms with Crippen LogP contribution >= 0.6 is 11.6 Å². The van der Waals surface area contributed by atoms with Gasteiger partial charge in [-0.05, 0) is 66.9 Å². The summed E-state index contributed by atoms with van der Waals surface area (Å²) in [7, 11) is 7.67. The molecule has 22 heteroatoms. The van der Waals surface area contributed by atoms with Gasteiger partial charge in [-0.15, -0.1) is 11.6 Å². The van der Waals surface area contributed by atoms with Gasteiger partial charge in [0, 0.05) is 66.5 Å². The molecule has 3 aromatic carbocycles. The molecule has 0 radical (unpaired) electrons. The van der Waals surface area contributed by atoms with Crippen LogP contribution in [0.15, 0.2) is 77.2 Å². The Morgan fingerprint density at radius 2 is 1.19 bits per heavy atom. The molecule has 420 valence electrons. The average Bonchev–Trinajstić information content (AvgIpc) is 3.57. The van der Waals surface area contributed by atoms with E-state index < -0.39 is 56.0 Å². The summed E-state index contributed by atoms with van der Waals surface area (Å²) in [4.78, 5) is 64.6. The molecule has 21 nitrogen and oxygen atoms in total. The largest absolute Gasteiger partial charge is 0.488 e. The average molecular weight is 1100 g/mol. The Morgan fingerprint density at radius 3 is 1.77 bits per heavy atom. The molecule has 3 aromatic rings. The van der Waals surface area contributed by atoms with Crippen molar-refractivity contribution in [1.82, 2.24) is 9.89 Å². The van der Waals surface area contributed by atoms with Crippen molar-refractivity contribution < 1.29 is 77.2 Å². The fourth-order valence-electron chi connectivity index (χ4n) is 7.98. The summed E-state index contributed by atoms with van der Waals surface area (Å²) in [6.45, 7) is -0.551. The van der Waals surface area contributed by atoms with E-state index in [1.807, 2.05) is 74.1 Å². The Balaban J connectivity index is 1.29. The predicted octanol–water partition coefficient (Wildman–Crippen LogP) is 5.04. The zero-order chi connectivity index (χ0) is 56.4. The second-order valence-electron chi connectivity index (χ2n) is 18.0.